The van der Waals surface area contributed by atoms with Gasteiger partial charge in [0.1, 0.15) is 0 Å². The molecule has 52 valence electrons. The zero-order valence-corrected chi connectivity index (χ0v) is 6.29. The summed E-state index contributed by atoms with van der Waals surface area (Å²) in [6.45, 7) is 4.94. The highest BCUT2D eigenvalue weighted by molar-refractivity contribution is 7.80. The van der Waals surface area contributed by atoms with Crippen molar-refractivity contribution in [3.05, 3.63) is 0 Å². The Morgan fingerprint density at radius 3 is 2.56 bits per heavy atom. The van der Waals surface area contributed by atoms with Crippen LogP contribution in [0.4, 0.5) is 0 Å². The lowest BCUT2D eigenvalue weighted by Crippen LogP contribution is -2.53. The van der Waals surface area contributed by atoms with Crippen molar-refractivity contribution in [3.8, 4) is 0 Å². The second-order valence-corrected chi connectivity index (χ2v) is 2.39. The van der Waals surface area contributed by atoms with Gasteiger partial charge in [0.25, 0.3) is 0 Å². The van der Waals surface area contributed by atoms with Gasteiger partial charge in [0.05, 0.1) is 13.3 Å². The van der Waals surface area contributed by atoms with E-state index in [1.165, 1.54) is 0 Å². The molecule has 0 aromatic carbocycles. The third-order valence-corrected chi connectivity index (χ3v) is 1.66. The molecule has 1 rings (SSSR count). The molecule has 3 nitrogen and oxygen atoms in total. The summed E-state index contributed by atoms with van der Waals surface area (Å²) in [5.74, 6) is 0. The Morgan fingerprint density at radius 2 is 2.11 bits per heavy atom. The van der Waals surface area contributed by atoms with Crippen molar-refractivity contribution in [2.24, 2.45) is 0 Å². The van der Waals surface area contributed by atoms with E-state index in [2.05, 4.69) is 22.5 Å². The molecule has 1 aliphatic heterocycles. The molecule has 4 heteroatoms. The van der Waals surface area contributed by atoms with Gasteiger partial charge in [-0.1, -0.05) is 6.92 Å². The van der Waals surface area contributed by atoms with Crippen LogP contribution in [0, 0.1) is 0 Å². The maximum atomic E-state index is 4.86. The van der Waals surface area contributed by atoms with Gasteiger partial charge in [-0.15, -0.1) is 0 Å². The molecule has 0 atom stereocenters. The molecular weight excluding hydrogens is 134 g/mol. The van der Waals surface area contributed by atoms with Crippen molar-refractivity contribution in [1.29, 1.82) is 0 Å². The summed E-state index contributed by atoms with van der Waals surface area (Å²) in [6.07, 6.45) is 0. The zero-order valence-electron chi connectivity index (χ0n) is 5.48. The zero-order chi connectivity index (χ0) is 6.69. The fraction of sp³-hybridized carbons (Fsp3) is 0.800. The molecule has 0 aromatic heterocycles. The highest BCUT2D eigenvalue weighted by Gasteiger charge is 2.07. The monoisotopic (exact) mass is 145 g/mol. The van der Waals surface area contributed by atoms with Crippen LogP contribution in [0.5, 0.6) is 0 Å². The van der Waals surface area contributed by atoms with E-state index in [4.69, 9.17) is 12.2 Å². The van der Waals surface area contributed by atoms with Gasteiger partial charge < -0.3 is 10.6 Å². The van der Waals surface area contributed by atoms with Crippen LogP contribution in [-0.4, -0.2) is 29.9 Å². The van der Waals surface area contributed by atoms with Gasteiger partial charge >= 0.3 is 0 Å². The maximum Gasteiger partial charge on any atom is 0.168 e. The molecule has 0 aromatic rings. The molecular formula is C5H11N3S. The predicted molar refractivity (Wildman–Crippen MR) is 41.0 cm³/mol. The first kappa shape index (κ1) is 6.77. The fourth-order valence-corrected chi connectivity index (χ4v) is 0.838. The number of nitrogens with one attached hydrogen (secondary N) is 2. The molecule has 1 heterocycles. The molecule has 1 fully saturated rings. The first-order valence-corrected chi connectivity index (χ1v) is 3.48. The third-order valence-electron chi connectivity index (χ3n) is 1.37. The summed E-state index contributed by atoms with van der Waals surface area (Å²) in [5, 5.41) is 6.82. The highest BCUT2D eigenvalue weighted by atomic mass is 32.1. The van der Waals surface area contributed by atoms with E-state index < -0.39 is 0 Å². The standard InChI is InChI=1S/C5H11N3S/c1-2-8-3-6-5(9)7-4-8/h2-4H2,1H3,(H2,6,7,9). The third kappa shape index (κ3) is 1.80. The molecule has 1 aliphatic rings. The van der Waals surface area contributed by atoms with E-state index in [1.54, 1.807) is 0 Å². The largest absolute Gasteiger partial charge is 0.350 e. The minimum Gasteiger partial charge on any atom is -0.350 e. The van der Waals surface area contributed by atoms with Gasteiger partial charge in [-0.2, -0.15) is 0 Å². The highest BCUT2D eigenvalue weighted by Crippen LogP contribution is 1.86. The summed E-state index contributed by atoms with van der Waals surface area (Å²) in [4.78, 5) is 2.22. The average Bonchev–Trinajstić information content (AvgIpc) is 1.90. The Morgan fingerprint density at radius 1 is 1.56 bits per heavy atom. The Kier molecular flexibility index (Phi) is 2.24. The molecule has 2 N–H and O–H groups in total. The van der Waals surface area contributed by atoms with Gasteiger partial charge in [0, 0.05) is 0 Å². The first-order valence-electron chi connectivity index (χ1n) is 3.07. The molecule has 1 saturated heterocycles. The Bertz CT molecular complexity index is 105. The van der Waals surface area contributed by atoms with E-state index in [0.717, 1.165) is 25.0 Å². The van der Waals surface area contributed by atoms with Crippen molar-refractivity contribution in [2.75, 3.05) is 19.9 Å². The SMILES string of the molecule is CCN1CNC(=S)NC1. The number of rotatable bonds is 1. The summed E-state index contributed by atoms with van der Waals surface area (Å²) >= 11 is 4.86. The summed E-state index contributed by atoms with van der Waals surface area (Å²) < 4.78 is 0. The van der Waals surface area contributed by atoms with Crippen molar-refractivity contribution in [1.82, 2.24) is 15.5 Å². The van der Waals surface area contributed by atoms with E-state index in [9.17, 15) is 0 Å². The second kappa shape index (κ2) is 2.98. The van der Waals surface area contributed by atoms with E-state index >= 15 is 0 Å². The van der Waals surface area contributed by atoms with E-state index in [1.807, 2.05) is 0 Å². The Balaban J connectivity index is 2.26. The number of hydrogen-bond acceptors (Lipinski definition) is 2. The van der Waals surface area contributed by atoms with Crippen LogP contribution in [0.25, 0.3) is 0 Å². The van der Waals surface area contributed by atoms with Gasteiger partial charge in [0.2, 0.25) is 0 Å². The normalized spacial score (nSPS) is 20.8. The lowest BCUT2D eigenvalue weighted by molar-refractivity contribution is 0.257. The summed E-state index contributed by atoms with van der Waals surface area (Å²) in [6, 6.07) is 0. The van der Waals surface area contributed by atoms with Gasteiger partial charge in [-0.25, -0.2) is 0 Å². The molecule has 9 heavy (non-hydrogen) atoms. The maximum absolute atomic E-state index is 4.86. The van der Waals surface area contributed by atoms with Gasteiger partial charge in [-0.05, 0) is 18.8 Å². The van der Waals surface area contributed by atoms with Gasteiger partial charge in [-0.3, -0.25) is 4.90 Å². The number of nitrogens with zero attached hydrogens (tertiary/aromatic N) is 1. The molecule has 0 unspecified atom stereocenters. The van der Waals surface area contributed by atoms with E-state index in [-0.39, 0.29) is 0 Å². The number of hydrogen-bond donors (Lipinski definition) is 2. The predicted octanol–water partition coefficient (Wildman–Crippen LogP) is -0.299. The molecule has 0 spiro atoms. The molecule has 0 radical (unpaired) electrons. The molecule has 0 aliphatic carbocycles. The first-order chi connectivity index (χ1) is 4.33. The molecule has 0 bridgehead atoms. The van der Waals surface area contributed by atoms with Crippen LogP contribution in [0.15, 0.2) is 0 Å². The van der Waals surface area contributed by atoms with Crippen molar-refractivity contribution >= 4 is 17.3 Å². The molecule has 0 amide bonds. The minimum absolute atomic E-state index is 0.764. The average molecular weight is 145 g/mol. The summed E-state index contributed by atoms with van der Waals surface area (Å²) in [5.41, 5.74) is 0. The lowest BCUT2D eigenvalue weighted by atomic mass is 10.6. The van der Waals surface area contributed by atoms with Gasteiger partial charge in [0.15, 0.2) is 5.11 Å². The van der Waals surface area contributed by atoms with Crippen LogP contribution >= 0.6 is 12.2 Å². The molecule has 0 saturated carbocycles. The van der Waals surface area contributed by atoms with Crippen LogP contribution < -0.4 is 10.6 Å². The van der Waals surface area contributed by atoms with Crippen LogP contribution in [0.1, 0.15) is 6.92 Å². The van der Waals surface area contributed by atoms with Crippen LogP contribution in [0.3, 0.4) is 0 Å². The quantitative estimate of drug-likeness (QED) is 0.495. The van der Waals surface area contributed by atoms with Crippen molar-refractivity contribution in [2.45, 2.75) is 6.92 Å². The van der Waals surface area contributed by atoms with Crippen molar-refractivity contribution < 1.29 is 0 Å². The Hall–Kier alpha value is -0.350. The van der Waals surface area contributed by atoms with Crippen LogP contribution in [-0.2, 0) is 0 Å². The summed E-state index contributed by atoms with van der Waals surface area (Å²) in [7, 11) is 0. The topological polar surface area (TPSA) is 27.3 Å². The van der Waals surface area contributed by atoms with E-state index in [0.29, 0.717) is 0 Å². The number of thiocarbonyl (C=S) groups is 1. The van der Waals surface area contributed by atoms with Crippen LogP contribution in [0.2, 0.25) is 0 Å². The Labute approximate surface area is 60.4 Å². The van der Waals surface area contributed by atoms with Crippen molar-refractivity contribution in [3.63, 3.8) is 0 Å². The second-order valence-electron chi connectivity index (χ2n) is 1.99. The smallest absolute Gasteiger partial charge is 0.168 e. The lowest BCUT2D eigenvalue weighted by Gasteiger charge is -2.27. The minimum atomic E-state index is 0.764. The fourth-order valence-electron chi connectivity index (χ4n) is 0.709.